The lowest BCUT2D eigenvalue weighted by molar-refractivity contribution is -0.905. The van der Waals surface area contributed by atoms with Gasteiger partial charge < -0.3 is 29.5 Å². The Labute approximate surface area is 240 Å². The third kappa shape index (κ3) is 4.77. The number of amides is 2. The summed E-state index contributed by atoms with van der Waals surface area (Å²) in [5, 5.41) is 20.6. The molecule has 3 aliphatic heterocycles. The Morgan fingerprint density at radius 3 is 2.48 bits per heavy atom. The molecule has 3 N–H and O–H groups in total. The molecule has 2 amide bonds. The minimum atomic E-state index is -1.60. The predicted octanol–water partition coefficient (Wildman–Crippen LogP) is 0.582. The van der Waals surface area contributed by atoms with Crippen molar-refractivity contribution in [1.82, 2.24) is 14.8 Å². The molecule has 42 heavy (non-hydrogen) atoms. The Bertz CT molecular complexity index is 1610. The summed E-state index contributed by atoms with van der Waals surface area (Å²) in [6.07, 6.45) is 1.25. The zero-order chi connectivity index (χ0) is 30.5. The van der Waals surface area contributed by atoms with E-state index in [4.69, 9.17) is 0 Å². The topological polar surface area (TPSA) is 149 Å². The molecule has 2 fully saturated rings. The number of carbonyl (C=O) groups excluding carboxylic acids is 2. The summed E-state index contributed by atoms with van der Waals surface area (Å²) < 4.78 is 45.7. The number of aryl methyl sites for hydroxylation is 1. The molecule has 0 saturated carbocycles. The van der Waals surface area contributed by atoms with Crippen molar-refractivity contribution in [2.24, 2.45) is 0 Å². The maximum atomic E-state index is 15.9. The molecule has 4 heterocycles. The first-order valence-electron chi connectivity index (χ1n) is 12.9. The molecular weight excluding hydrogens is 583 g/mol. The van der Waals surface area contributed by atoms with Gasteiger partial charge in [-0.15, -0.1) is 11.8 Å². The second-order valence-corrected chi connectivity index (χ2v) is 11.7. The highest BCUT2D eigenvalue weighted by atomic mass is 32.2. The van der Waals surface area contributed by atoms with E-state index in [0.717, 1.165) is 16.8 Å². The number of thioether (sulfide) groups is 1. The molecule has 0 spiro atoms. The van der Waals surface area contributed by atoms with Crippen molar-refractivity contribution in [2.75, 3.05) is 57.1 Å². The summed E-state index contributed by atoms with van der Waals surface area (Å²) in [6, 6.07) is -0.0171. The van der Waals surface area contributed by atoms with Gasteiger partial charge in [-0.05, 0) is 6.07 Å². The number of quaternary nitrogens is 1. The number of aliphatic carboxylic acids is 1. The Balaban J connectivity index is 1.41. The molecule has 3 aliphatic rings. The number of aromatic nitrogens is 1. The van der Waals surface area contributed by atoms with Gasteiger partial charge in [0.05, 0.1) is 50.7 Å². The first kappa shape index (κ1) is 29.4. The van der Waals surface area contributed by atoms with Gasteiger partial charge in [0, 0.05) is 17.5 Å². The normalized spacial score (nSPS) is 21.7. The Morgan fingerprint density at radius 1 is 1.19 bits per heavy atom. The van der Waals surface area contributed by atoms with E-state index in [2.05, 4.69) is 5.32 Å². The molecule has 0 aliphatic carbocycles. The molecule has 1 aromatic carbocycles. The fourth-order valence-electron chi connectivity index (χ4n) is 5.88. The van der Waals surface area contributed by atoms with Crippen molar-refractivity contribution in [2.45, 2.75) is 18.0 Å². The molecule has 2 saturated heterocycles. The van der Waals surface area contributed by atoms with E-state index in [-0.39, 0.29) is 25.3 Å². The third-order valence-corrected chi connectivity index (χ3v) is 9.33. The molecule has 12 nitrogen and oxygen atoms in total. The summed E-state index contributed by atoms with van der Waals surface area (Å²) in [7, 11) is 1.87. The number of rotatable bonds is 9. The molecular formula is C26H27F3N5O7S+. The number of nitrogens with one attached hydrogen (secondary N) is 1. The largest absolute Gasteiger partial charge is 0.477 e. The third-order valence-electron chi connectivity index (χ3n) is 7.99. The van der Waals surface area contributed by atoms with E-state index in [1.54, 1.807) is 0 Å². The number of β-lactam (4-membered cyclic amide) rings is 1. The lowest BCUT2D eigenvalue weighted by Gasteiger charge is -2.50. The zero-order valence-corrected chi connectivity index (χ0v) is 23.1. The number of anilines is 1. The van der Waals surface area contributed by atoms with Gasteiger partial charge in [0.1, 0.15) is 47.4 Å². The number of hydrogen-bond donors (Lipinski definition) is 3. The lowest BCUT2D eigenvalue weighted by atomic mass is 10.0. The molecule has 16 heteroatoms. The second kappa shape index (κ2) is 11.0. The molecule has 2 unspecified atom stereocenters. The van der Waals surface area contributed by atoms with Gasteiger partial charge in [-0.1, -0.05) is 0 Å². The summed E-state index contributed by atoms with van der Waals surface area (Å²) in [5.41, 5.74) is -2.22. The first-order chi connectivity index (χ1) is 19.9. The standard InChI is InChI=1S/C26H26F3N5O7S/c1-34(10-13-11-42-24-18(30-12-35)23(37)33(24)19(13)26(40)41)6-4-31(5-7-34)21-16(28)8-14-20(17(21)29)32(3-2-27)9-15(22(14)36)25(38)39/h8-9,12,18,24H,2-7,10-11H2,1H3,(H2-,30,35,38,39,40,41)/p+1. The highest BCUT2D eigenvalue weighted by molar-refractivity contribution is 8.00. The monoisotopic (exact) mass is 610 g/mol. The van der Waals surface area contributed by atoms with Crippen LogP contribution in [0.2, 0.25) is 0 Å². The molecule has 1 aromatic heterocycles. The van der Waals surface area contributed by atoms with Gasteiger partial charge in [0.2, 0.25) is 11.8 Å². The van der Waals surface area contributed by atoms with Crippen LogP contribution < -0.4 is 15.6 Å². The Morgan fingerprint density at radius 2 is 1.88 bits per heavy atom. The van der Waals surface area contributed by atoms with Crippen molar-refractivity contribution in [3.63, 3.8) is 0 Å². The van der Waals surface area contributed by atoms with Crippen LogP contribution in [0.5, 0.6) is 0 Å². The van der Waals surface area contributed by atoms with Crippen molar-refractivity contribution < 1.29 is 47.0 Å². The maximum Gasteiger partial charge on any atom is 0.352 e. The van der Waals surface area contributed by atoms with Crippen LogP contribution in [0.15, 0.2) is 28.3 Å². The molecule has 2 aromatic rings. The van der Waals surface area contributed by atoms with Gasteiger partial charge >= 0.3 is 11.9 Å². The smallest absolute Gasteiger partial charge is 0.352 e. The molecule has 0 bridgehead atoms. The number of halogens is 3. The van der Waals surface area contributed by atoms with Crippen molar-refractivity contribution >= 4 is 52.6 Å². The number of alkyl halides is 1. The Hall–Kier alpha value is -4.05. The number of likely N-dealkylation sites (N-methyl/N-ethyl adjacent to an activating group) is 1. The van der Waals surface area contributed by atoms with E-state index in [1.165, 1.54) is 21.6 Å². The van der Waals surface area contributed by atoms with Crippen molar-refractivity contribution in [3.8, 4) is 0 Å². The minimum absolute atomic E-state index is 0.118. The molecule has 224 valence electrons. The van der Waals surface area contributed by atoms with E-state index >= 15 is 8.78 Å². The Kier molecular flexibility index (Phi) is 7.70. The van der Waals surface area contributed by atoms with E-state index in [1.807, 2.05) is 7.05 Å². The number of nitrogens with zero attached hydrogens (tertiary/aromatic N) is 4. The number of hydrogen-bond acceptors (Lipinski definition) is 7. The van der Waals surface area contributed by atoms with Gasteiger partial charge in [-0.2, -0.15) is 0 Å². The zero-order valence-electron chi connectivity index (χ0n) is 22.3. The minimum Gasteiger partial charge on any atom is -0.477 e. The first-order valence-corrected chi connectivity index (χ1v) is 14.0. The van der Waals surface area contributed by atoms with E-state index in [9.17, 15) is 38.6 Å². The van der Waals surface area contributed by atoms with Gasteiger partial charge in [0.25, 0.3) is 5.91 Å². The van der Waals surface area contributed by atoms with Crippen molar-refractivity contribution in [3.05, 3.63) is 51.0 Å². The van der Waals surface area contributed by atoms with Crippen molar-refractivity contribution in [1.29, 1.82) is 0 Å². The molecule has 2 atom stereocenters. The van der Waals surface area contributed by atoms with Crippen LogP contribution in [0.3, 0.4) is 0 Å². The maximum absolute atomic E-state index is 15.9. The average Bonchev–Trinajstić information content (AvgIpc) is 2.93. The summed E-state index contributed by atoms with van der Waals surface area (Å²) in [4.78, 5) is 62.3. The summed E-state index contributed by atoms with van der Waals surface area (Å²) >= 11 is 1.34. The number of fused-ring (bicyclic) bond motifs is 2. The number of pyridine rings is 1. The predicted molar refractivity (Wildman–Crippen MR) is 145 cm³/mol. The average molecular weight is 611 g/mol. The highest BCUT2D eigenvalue weighted by Gasteiger charge is 2.54. The summed E-state index contributed by atoms with van der Waals surface area (Å²) in [6.45, 7) is -0.167. The molecule has 0 radical (unpaired) electrons. The van der Waals surface area contributed by atoms with Crippen LogP contribution in [0.1, 0.15) is 10.4 Å². The van der Waals surface area contributed by atoms with E-state index < -0.39 is 81.7 Å². The summed E-state index contributed by atoms with van der Waals surface area (Å²) in [5.74, 6) is -5.22. The number of carboxylic acids is 2. The van der Waals surface area contributed by atoms with Crippen LogP contribution in [-0.4, -0.2) is 112 Å². The number of benzene rings is 1. The van der Waals surface area contributed by atoms with Gasteiger partial charge in [-0.3, -0.25) is 19.3 Å². The second-order valence-electron chi connectivity index (χ2n) is 10.6. The fourth-order valence-corrected chi connectivity index (χ4v) is 7.22. The van der Waals surface area contributed by atoms with Gasteiger partial charge in [0.15, 0.2) is 5.82 Å². The quantitative estimate of drug-likeness (QED) is 0.211. The van der Waals surface area contributed by atoms with Crippen LogP contribution >= 0.6 is 11.8 Å². The van der Waals surface area contributed by atoms with Crippen LogP contribution in [0.4, 0.5) is 18.9 Å². The highest BCUT2D eigenvalue weighted by Crippen LogP contribution is 2.41. The number of carbonyl (C=O) groups is 4. The van der Waals surface area contributed by atoms with Crippen LogP contribution in [0.25, 0.3) is 10.9 Å². The SMILES string of the molecule is C[N+]1(CC2=C(C(=O)O)N3C(=O)C(NC=O)C3SC2)CCN(c2c(F)cc3c(=O)c(C(=O)O)cn(CCF)c3c2F)CC1. The van der Waals surface area contributed by atoms with E-state index in [0.29, 0.717) is 35.3 Å². The lowest BCUT2D eigenvalue weighted by Crippen LogP contribution is -2.70. The number of aromatic carboxylic acids is 1. The van der Waals surface area contributed by atoms with Gasteiger partial charge in [-0.25, -0.2) is 22.8 Å². The number of carboxylic acid groups (broad SMARTS) is 2. The molecule has 5 rings (SSSR count). The fraction of sp³-hybridized carbons (Fsp3) is 0.423. The number of piperazine rings is 1. The van der Waals surface area contributed by atoms with Crippen LogP contribution in [0, 0.1) is 11.6 Å². The van der Waals surface area contributed by atoms with Crippen LogP contribution in [-0.2, 0) is 20.9 Å².